The van der Waals surface area contributed by atoms with Crippen molar-refractivity contribution in [3.63, 3.8) is 0 Å². The Morgan fingerprint density at radius 2 is 1.68 bits per heavy atom. The smallest absolute Gasteiger partial charge is 0.249 e. The summed E-state index contributed by atoms with van der Waals surface area (Å²) in [6.45, 7) is 8.65. The van der Waals surface area contributed by atoms with Crippen LogP contribution in [-0.2, 0) is 32.6 Å². The molecule has 0 unspecified atom stereocenters. The molecule has 3 aromatic rings. The molecule has 1 aliphatic heterocycles. The van der Waals surface area contributed by atoms with E-state index < -0.39 is 38.9 Å². The maximum Gasteiger partial charge on any atom is 0.249 e. The van der Waals surface area contributed by atoms with Crippen LogP contribution in [0.25, 0.3) is 11.1 Å². The molecular weight excluding hydrogens is 543 g/mol. The van der Waals surface area contributed by atoms with E-state index >= 15 is 0 Å². The zero-order valence-electron chi connectivity index (χ0n) is 24.0. The molecule has 1 atom stereocenters. The fraction of sp³-hybridized carbons (Fsp3) is 0.355. The number of nitrogens with two attached hydrogens (primary N) is 1. The first-order valence-corrected chi connectivity index (χ1v) is 15.0. The first kappa shape index (κ1) is 30.4. The molecular formula is C31H37FN4O4S. The summed E-state index contributed by atoms with van der Waals surface area (Å²) < 4.78 is 43.1. The zero-order chi connectivity index (χ0) is 30.2. The summed E-state index contributed by atoms with van der Waals surface area (Å²) in [7, 11) is -3.78. The largest absolute Gasteiger partial charge is 0.343 e. The molecule has 1 aliphatic rings. The summed E-state index contributed by atoms with van der Waals surface area (Å²) in [4.78, 5) is 28.1. The maximum absolute atomic E-state index is 14.1. The molecule has 1 heterocycles. The molecule has 0 bridgehead atoms. The van der Waals surface area contributed by atoms with Crippen molar-refractivity contribution in [1.82, 2.24) is 10.0 Å². The molecule has 0 aliphatic carbocycles. The molecule has 2 amide bonds. The van der Waals surface area contributed by atoms with Crippen LogP contribution in [0.3, 0.4) is 0 Å². The molecule has 0 fully saturated rings. The summed E-state index contributed by atoms with van der Waals surface area (Å²) in [5.74, 6) is -1.17. The number of aryl methyl sites for hydroxylation is 1. The van der Waals surface area contributed by atoms with Gasteiger partial charge in [0.05, 0.1) is 17.0 Å². The van der Waals surface area contributed by atoms with Crippen molar-refractivity contribution in [2.45, 2.75) is 76.0 Å². The van der Waals surface area contributed by atoms with Gasteiger partial charge in [-0.3, -0.25) is 9.59 Å². The second-order valence-corrected chi connectivity index (χ2v) is 13.7. The maximum atomic E-state index is 14.1. The normalized spacial score (nSPS) is 16.2. The van der Waals surface area contributed by atoms with E-state index in [4.69, 9.17) is 5.73 Å². The minimum absolute atomic E-state index is 0.168. The molecule has 8 nitrogen and oxygen atoms in total. The highest BCUT2D eigenvalue weighted by atomic mass is 32.2. The Bertz CT molecular complexity index is 1560. The van der Waals surface area contributed by atoms with Crippen molar-refractivity contribution in [2.24, 2.45) is 5.73 Å². The van der Waals surface area contributed by atoms with Gasteiger partial charge in [0.2, 0.25) is 21.8 Å². The van der Waals surface area contributed by atoms with Gasteiger partial charge in [-0.25, -0.2) is 17.5 Å². The van der Waals surface area contributed by atoms with E-state index in [1.54, 1.807) is 69.9 Å². The van der Waals surface area contributed by atoms with E-state index in [1.807, 2.05) is 24.3 Å². The summed E-state index contributed by atoms with van der Waals surface area (Å²) in [6, 6.07) is 17.5. The van der Waals surface area contributed by atoms with Crippen LogP contribution in [0.2, 0.25) is 0 Å². The van der Waals surface area contributed by atoms with Crippen LogP contribution in [0.4, 0.5) is 10.1 Å². The Morgan fingerprint density at radius 1 is 1.02 bits per heavy atom. The number of amides is 2. The minimum atomic E-state index is -3.78. The van der Waals surface area contributed by atoms with Gasteiger partial charge in [-0.2, -0.15) is 0 Å². The van der Waals surface area contributed by atoms with Crippen LogP contribution in [0.5, 0.6) is 0 Å². The zero-order valence-corrected chi connectivity index (χ0v) is 24.8. The van der Waals surface area contributed by atoms with Crippen molar-refractivity contribution < 1.29 is 22.4 Å². The van der Waals surface area contributed by atoms with Crippen molar-refractivity contribution in [2.75, 3.05) is 4.90 Å². The van der Waals surface area contributed by atoms with Gasteiger partial charge in [0, 0.05) is 16.8 Å². The third-order valence-corrected chi connectivity index (χ3v) is 8.53. The van der Waals surface area contributed by atoms with Crippen molar-refractivity contribution in [3.05, 3.63) is 83.7 Å². The summed E-state index contributed by atoms with van der Waals surface area (Å²) in [5, 5.41) is 2.77. The first-order valence-electron chi connectivity index (χ1n) is 13.5. The number of hydrogen-bond donors (Lipinski definition) is 3. The van der Waals surface area contributed by atoms with E-state index in [0.717, 1.165) is 5.56 Å². The Kier molecular flexibility index (Phi) is 8.40. The quantitative estimate of drug-likeness (QED) is 0.385. The van der Waals surface area contributed by atoms with Gasteiger partial charge in [0.25, 0.3) is 0 Å². The van der Waals surface area contributed by atoms with Gasteiger partial charge < -0.3 is 16.0 Å². The predicted octanol–water partition coefficient (Wildman–Crippen LogP) is 4.27. The first-order chi connectivity index (χ1) is 19.0. The van der Waals surface area contributed by atoms with E-state index in [2.05, 4.69) is 10.0 Å². The Hall–Kier alpha value is -3.60. The molecule has 41 heavy (non-hydrogen) atoms. The van der Waals surface area contributed by atoms with E-state index in [9.17, 15) is 22.4 Å². The number of nitrogens with zero attached hydrogens (tertiary/aromatic N) is 1. The molecule has 4 N–H and O–H groups in total. The third-order valence-electron chi connectivity index (χ3n) is 6.71. The summed E-state index contributed by atoms with van der Waals surface area (Å²) in [5.41, 5.74) is 7.40. The molecule has 10 heteroatoms. The number of rotatable bonds is 7. The van der Waals surface area contributed by atoms with Crippen LogP contribution in [-0.4, -0.2) is 37.4 Å². The van der Waals surface area contributed by atoms with Crippen LogP contribution in [0.1, 0.15) is 52.2 Å². The highest BCUT2D eigenvalue weighted by molar-refractivity contribution is 7.89. The molecule has 0 saturated carbocycles. The van der Waals surface area contributed by atoms with Gasteiger partial charge >= 0.3 is 0 Å². The van der Waals surface area contributed by atoms with E-state index in [-0.39, 0.29) is 17.3 Å². The van der Waals surface area contributed by atoms with Crippen LogP contribution >= 0.6 is 0 Å². The highest BCUT2D eigenvalue weighted by Gasteiger charge is 2.34. The standard InChI is InChI=1S/C31H37FN4O4S/c1-30(2,3)35-41(39,40)27-9-7-6-8-24(27)21-12-10-20(11-13-21)19-36-26-17-15-23(32)18-22(26)14-16-25(28(36)37)34-29(38)31(4,5)33/h6-13,15,17-18,25,35H,14,16,19,33H2,1-5H3,(H,34,38)/t25-/m1/s1. The van der Waals surface area contributed by atoms with Crippen LogP contribution in [0, 0.1) is 5.82 Å². The van der Waals surface area contributed by atoms with Crippen molar-refractivity contribution in [1.29, 1.82) is 0 Å². The molecule has 0 radical (unpaired) electrons. The van der Waals surface area contributed by atoms with Crippen molar-refractivity contribution in [3.8, 4) is 11.1 Å². The average molecular weight is 581 g/mol. The molecule has 0 aromatic heterocycles. The monoisotopic (exact) mass is 580 g/mol. The molecule has 4 rings (SSSR count). The molecule has 3 aromatic carbocycles. The highest BCUT2D eigenvalue weighted by Crippen LogP contribution is 2.32. The summed E-state index contributed by atoms with van der Waals surface area (Å²) >= 11 is 0. The molecule has 218 valence electrons. The Balaban J connectivity index is 1.65. The number of hydrogen-bond acceptors (Lipinski definition) is 5. The SMILES string of the molecule is CC(C)(C)NS(=O)(=O)c1ccccc1-c1ccc(CN2C(=O)[C@H](NC(=O)C(C)(C)N)CCc3cc(F)ccc32)cc1. The van der Waals surface area contributed by atoms with Crippen LogP contribution in [0.15, 0.2) is 71.6 Å². The third kappa shape index (κ3) is 7.19. The lowest BCUT2D eigenvalue weighted by atomic mass is 10.0. The topological polar surface area (TPSA) is 122 Å². The lowest BCUT2D eigenvalue weighted by molar-refractivity contribution is -0.130. The predicted molar refractivity (Wildman–Crippen MR) is 158 cm³/mol. The lowest BCUT2D eigenvalue weighted by Crippen LogP contribution is -2.56. The number of anilines is 1. The average Bonchev–Trinajstić information content (AvgIpc) is 2.99. The second-order valence-electron chi connectivity index (χ2n) is 12.0. The molecule has 0 spiro atoms. The van der Waals surface area contributed by atoms with Gasteiger partial charge in [-0.15, -0.1) is 0 Å². The summed E-state index contributed by atoms with van der Waals surface area (Å²) in [6.07, 6.45) is 0.707. The lowest BCUT2D eigenvalue weighted by Gasteiger charge is -2.28. The Labute approximate surface area is 241 Å². The number of nitrogens with one attached hydrogen (secondary N) is 2. The fourth-order valence-corrected chi connectivity index (χ4v) is 6.41. The van der Waals surface area contributed by atoms with E-state index in [0.29, 0.717) is 35.2 Å². The number of benzene rings is 3. The van der Waals surface area contributed by atoms with Gasteiger partial charge in [-0.05, 0) is 88.4 Å². The Morgan fingerprint density at radius 3 is 2.32 bits per heavy atom. The number of halogens is 1. The number of carbonyl (C=O) groups is 2. The molecule has 0 saturated heterocycles. The number of fused-ring (bicyclic) bond motifs is 1. The second kappa shape index (κ2) is 11.3. The number of sulfonamides is 1. The van der Waals surface area contributed by atoms with E-state index in [1.165, 1.54) is 12.1 Å². The van der Waals surface area contributed by atoms with Crippen molar-refractivity contribution >= 4 is 27.5 Å². The number of carbonyl (C=O) groups excluding carboxylic acids is 2. The van der Waals surface area contributed by atoms with Gasteiger partial charge in [0.15, 0.2) is 0 Å². The van der Waals surface area contributed by atoms with Crippen LogP contribution < -0.4 is 20.7 Å². The van der Waals surface area contributed by atoms with Gasteiger partial charge in [0.1, 0.15) is 11.9 Å². The minimum Gasteiger partial charge on any atom is -0.343 e. The van der Waals surface area contributed by atoms with Gasteiger partial charge in [-0.1, -0.05) is 42.5 Å². The fourth-order valence-electron chi connectivity index (χ4n) is 4.76.